The van der Waals surface area contributed by atoms with Gasteiger partial charge >= 0.3 is 6.03 Å². The Kier molecular flexibility index (Phi) is 6.50. The van der Waals surface area contributed by atoms with E-state index in [1.807, 2.05) is 31.2 Å². The Balaban J connectivity index is 1.45. The van der Waals surface area contributed by atoms with Crippen molar-refractivity contribution in [2.24, 2.45) is 11.8 Å². The van der Waals surface area contributed by atoms with E-state index in [2.05, 4.69) is 16.0 Å². The van der Waals surface area contributed by atoms with Crippen molar-refractivity contribution >= 4 is 17.6 Å². The summed E-state index contributed by atoms with van der Waals surface area (Å²) < 4.78 is 0. The Labute approximate surface area is 155 Å². The molecule has 26 heavy (non-hydrogen) atoms. The number of likely N-dealkylation sites (tertiary alicyclic amines) is 1. The Morgan fingerprint density at radius 2 is 2.19 bits per heavy atom. The third-order valence-electron chi connectivity index (χ3n) is 5.36. The molecule has 142 valence electrons. The number of nitrogens with zero attached hydrogens (tertiary/aromatic N) is 1. The number of urea groups is 1. The number of amides is 3. The van der Waals surface area contributed by atoms with E-state index >= 15 is 0 Å². The molecule has 3 amide bonds. The minimum atomic E-state index is -0.120. The van der Waals surface area contributed by atoms with Crippen LogP contribution < -0.4 is 16.0 Å². The average Bonchev–Trinajstić information content (AvgIpc) is 3.15. The van der Waals surface area contributed by atoms with Crippen molar-refractivity contribution in [3.05, 3.63) is 29.8 Å². The van der Waals surface area contributed by atoms with Crippen LogP contribution in [0.25, 0.3) is 0 Å². The van der Waals surface area contributed by atoms with E-state index in [9.17, 15) is 9.59 Å². The molecule has 0 saturated carbocycles. The molecule has 0 bridgehead atoms. The lowest BCUT2D eigenvalue weighted by Crippen LogP contribution is -2.47. The van der Waals surface area contributed by atoms with Gasteiger partial charge in [-0.05, 0) is 69.3 Å². The fourth-order valence-electron chi connectivity index (χ4n) is 3.81. The highest BCUT2D eigenvalue weighted by Gasteiger charge is 2.28. The molecule has 0 aromatic heterocycles. The van der Waals surface area contributed by atoms with E-state index in [1.165, 1.54) is 6.42 Å². The van der Waals surface area contributed by atoms with Gasteiger partial charge in [-0.3, -0.25) is 4.79 Å². The summed E-state index contributed by atoms with van der Waals surface area (Å²) in [5, 5.41) is 9.36. The predicted octanol–water partition coefficient (Wildman–Crippen LogP) is 2.35. The van der Waals surface area contributed by atoms with Gasteiger partial charge < -0.3 is 20.9 Å². The highest BCUT2D eigenvalue weighted by molar-refractivity contribution is 5.90. The van der Waals surface area contributed by atoms with Crippen molar-refractivity contribution in [1.29, 1.82) is 0 Å². The van der Waals surface area contributed by atoms with Crippen molar-refractivity contribution < 1.29 is 9.59 Å². The van der Waals surface area contributed by atoms with Gasteiger partial charge in [0, 0.05) is 25.3 Å². The summed E-state index contributed by atoms with van der Waals surface area (Å²) in [6.45, 7) is 6.08. The Hall–Kier alpha value is -2.08. The molecule has 2 atom stereocenters. The van der Waals surface area contributed by atoms with Crippen molar-refractivity contribution in [3.8, 4) is 0 Å². The second-order valence-corrected chi connectivity index (χ2v) is 7.52. The molecule has 2 saturated heterocycles. The van der Waals surface area contributed by atoms with Gasteiger partial charge in [0.15, 0.2) is 0 Å². The molecule has 2 aliphatic heterocycles. The first-order valence-corrected chi connectivity index (χ1v) is 9.73. The van der Waals surface area contributed by atoms with Crippen molar-refractivity contribution in [2.75, 3.05) is 38.0 Å². The van der Waals surface area contributed by atoms with Crippen LogP contribution in [0.15, 0.2) is 24.3 Å². The molecular weight excluding hydrogens is 328 g/mol. The Morgan fingerprint density at radius 1 is 1.31 bits per heavy atom. The van der Waals surface area contributed by atoms with E-state index in [4.69, 9.17) is 0 Å². The number of carbonyl (C=O) groups is 2. The summed E-state index contributed by atoms with van der Waals surface area (Å²) in [5.41, 5.74) is 1.91. The molecule has 0 aliphatic carbocycles. The summed E-state index contributed by atoms with van der Waals surface area (Å²) in [5.74, 6) is 0.663. The van der Waals surface area contributed by atoms with Gasteiger partial charge in [-0.15, -0.1) is 0 Å². The zero-order valence-electron chi connectivity index (χ0n) is 15.6. The third kappa shape index (κ3) is 5.21. The molecule has 0 radical (unpaired) electrons. The Morgan fingerprint density at radius 3 is 2.96 bits per heavy atom. The van der Waals surface area contributed by atoms with E-state index in [0.29, 0.717) is 19.0 Å². The van der Waals surface area contributed by atoms with Gasteiger partial charge in [0.25, 0.3) is 0 Å². The van der Waals surface area contributed by atoms with Gasteiger partial charge in [-0.2, -0.15) is 0 Å². The number of nitrogens with one attached hydrogen (secondary N) is 3. The molecule has 2 aliphatic rings. The maximum absolute atomic E-state index is 12.5. The van der Waals surface area contributed by atoms with E-state index in [1.54, 1.807) is 4.90 Å². The molecular formula is C20H30N4O2. The van der Waals surface area contributed by atoms with E-state index < -0.39 is 0 Å². The maximum Gasteiger partial charge on any atom is 0.321 e. The SMILES string of the molecule is Cc1cccc(NC(=O)N2CCCC(C(=O)NCCC3CCNC3)C2)c1. The molecule has 1 aromatic carbocycles. The monoisotopic (exact) mass is 358 g/mol. The largest absolute Gasteiger partial charge is 0.356 e. The average molecular weight is 358 g/mol. The van der Waals surface area contributed by atoms with Gasteiger partial charge in [-0.25, -0.2) is 4.79 Å². The summed E-state index contributed by atoms with van der Waals surface area (Å²) in [6.07, 6.45) is 3.95. The van der Waals surface area contributed by atoms with E-state index in [-0.39, 0.29) is 17.9 Å². The number of carbonyl (C=O) groups excluding carboxylic acids is 2. The zero-order chi connectivity index (χ0) is 18.4. The second kappa shape index (κ2) is 9.03. The highest BCUT2D eigenvalue weighted by atomic mass is 16.2. The van der Waals surface area contributed by atoms with Crippen LogP contribution in [0.4, 0.5) is 10.5 Å². The first kappa shape index (κ1) is 18.7. The van der Waals surface area contributed by atoms with Crippen LogP contribution in [0.1, 0.15) is 31.2 Å². The van der Waals surface area contributed by atoms with Crippen LogP contribution >= 0.6 is 0 Å². The number of hydrogen-bond donors (Lipinski definition) is 3. The van der Waals surface area contributed by atoms with E-state index in [0.717, 1.165) is 50.1 Å². The molecule has 6 nitrogen and oxygen atoms in total. The number of piperidine rings is 1. The molecule has 2 unspecified atom stereocenters. The summed E-state index contributed by atoms with van der Waals surface area (Å²) in [6, 6.07) is 7.64. The van der Waals surface area contributed by atoms with Gasteiger partial charge in [0.1, 0.15) is 0 Å². The number of anilines is 1. The second-order valence-electron chi connectivity index (χ2n) is 7.52. The molecule has 3 rings (SSSR count). The lowest BCUT2D eigenvalue weighted by atomic mass is 9.97. The smallest absolute Gasteiger partial charge is 0.321 e. The summed E-state index contributed by atoms with van der Waals surface area (Å²) >= 11 is 0. The normalized spacial score (nSPS) is 22.9. The van der Waals surface area contributed by atoms with Crippen LogP contribution in [0.2, 0.25) is 0 Å². The number of rotatable bonds is 5. The lowest BCUT2D eigenvalue weighted by Gasteiger charge is -2.32. The Bertz CT molecular complexity index is 628. The number of benzene rings is 1. The van der Waals surface area contributed by atoms with Gasteiger partial charge in [-0.1, -0.05) is 12.1 Å². The maximum atomic E-state index is 12.5. The molecule has 2 heterocycles. The van der Waals surface area contributed by atoms with Crippen LogP contribution in [0.5, 0.6) is 0 Å². The third-order valence-corrected chi connectivity index (χ3v) is 5.36. The minimum absolute atomic E-state index is 0.0870. The fraction of sp³-hybridized carbons (Fsp3) is 0.600. The van der Waals surface area contributed by atoms with Crippen molar-refractivity contribution in [2.45, 2.75) is 32.6 Å². The topological polar surface area (TPSA) is 73.5 Å². The molecule has 2 fully saturated rings. The van der Waals surface area contributed by atoms with Crippen LogP contribution in [-0.2, 0) is 4.79 Å². The minimum Gasteiger partial charge on any atom is -0.356 e. The fourth-order valence-corrected chi connectivity index (χ4v) is 3.81. The zero-order valence-corrected chi connectivity index (χ0v) is 15.6. The summed E-state index contributed by atoms with van der Waals surface area (Å²) in [4.78, 5) is 26.7. The van der Waals surface area contributed by atoms with Gasteiger partial charge in [0.2, 0.25) is 5.91 Å². The van der Waals surface area contributed by atoms with Crippen LogP contribution in [-0.4, -0.2) is 49.6 Å². The standard InChI is InChI=1S/C20H30N4O2/c1-15-4-2-6-18(12-15)23-20(26)24-11-3-5-17(14-24)19(25)22-10-8-16-7-9-21-13-16/h2,4,6,12,16-17,21H,3,5,7-11,13-14H2,1H3,(H,22,25)(H,23,26). The number of hydrogen-bond acceptors (Lipinski definition) is 3. The first-order valence-electron chi connectivity index (χ1n) is 9.73. The molecule has 1 aromatic rings. The summed E-state index contributed by atoms with van der Waals surface area (Å²) in [7, 11) is 0. The molecule has 6 heteroatoms. The molecule has 3 N–H and O–H groups in total. The van der Waals surface area contributed by atoms with Crippen molar-refractivity contribution in [1.82, 2.24) is 15.5 Å². The van der Waals surface area contributed by atoms with Crippen molar-refractivity contribution in [3.63, 3.8) is 0 Å². The predicted molar refractivity (Wildman–Crippen MR) is 103 cm³/mol. The molecule has 0 spiro atoms. The van der Waals surface area contributed by atoms with Crippen LogP contribution in [0, 0.1) is 18.8 Å². The van der Waals surface area contributed by atoms with Gasteiger partial charge in [0.05, 0.1) is 5.92 Å². The van der Waals surface area contributed by atoms with Crippen LogP contribution in [0.3, 0.4) is 0 Å². The highest BCUT2D eigenvalue weighted by Crippen LogP contribution is 2.19. The lowest BCUT2D eigenvalue weighted by molar-refractivity contribution is -0.126. The first-order chi connectivity index (χ1) is 12.6. The number of aryl methyl sites for hydroxylation is 1. The quantitative estimate of drug-likeness (QED) is 0.756.